The number of hydrogen-bond acceptors (Lipinski definition) is 6. The van der Waals surface area contributed by atoms with Crippen molar-refractivity contribution >= 4 is 23.6 Å². The molecule has 0 aromatic carbocycles. The van der Waals surface area contributed by atoms with Gasteiger partial charge in [0.2, 0.25) is 6.29 Å². The first-order chi connectivity index (χ1) is 11.0. The first-order valence-corrected chi connectivity index (χ1v) is 8.08. The fourth-order valence-electron chi connectivity index (χ4n) is 2.44. The molecule has 0 atom stereocenters. The fourth-order valence-corrected chi connectivity index (χ4v) is 2.44. The van der Waals surface area contributed by atoms with Crippen molar-refractivity contribution < 1.29 is 28.9 Å². The largest absolute Gasteiger partial charge is 0.272 e. The van der Waals surface area contributed by atoms with Gasteiger partial charge in [0.1, 0.15) is 0 Å². The van der Waals surface area contributed by atoms with Crippen LogP contribution in [0, 0.1) is 0 Å². The van der Waals surface area contributed by atoms with Crippen LogP contribution in [0.2, 0.25) is 0 Å². The molecule has 0 aliphatic carbocycles. The number of hydroxylamine groups is 4. The van der Waals surface area contributed by atoms with E-state index in [2.05, 4.69) is 6.92 Å². The van der Waals surface area contributed by atoms with Gasteiger partial charge in [0.15, 0.2) is 0 Å². The summed E-state index contributed by atoms with van der Waals surface area (Å²) in [5.41, 5.74) is 0. The molecule has 2 aliphatic heterocycles. The van der Waals surface area contributed by atoms with Crippen LogP contribution in [0.1, 0.15) is 64.7 Å². The summed E-state index contributed by atoms with van der Waals surface area (Å²) in [6, 6.07) is 0. The highest BCUT2D eigenvalue weighted by Gasteiger charge is 2.37. The van der Waals surface area contributed by atoms with Gasteiger partial charge in [-0.3, -0.25) is 19.2 Å². The standard InChI is InChI=1S/C15H22N2O6/c1-2-3-4-5-6-15(22-16-11(18)7-8-12(16)19)23-17-13(20)9-10-14(17)21/h15H,2-10H2,1H3. The summed E-state index contributed by atoms with van der Waals surface area (Å²) in [5, 5.41) is 1.38. The Bertz CT molecular complexity index is 422. The molecule has 128 valence electrons. The molecule has 2 fully saturated rings. The Hall–Kier alpha value is -1.80. The molecule has 0 N–H and O–H groups in total. The lowest BCUT2D eigenvalue weighted by Crippen LogP contribution is -2.40. The van der Waals surface area contributed by atoms with Crippen LogP contribution < -0.4 is 0 Å². The van der Waals surface area contributed by atoms with E-state index in [4.69, 9.17) is 9.68 Å². The Balaban J connectivity index is 1.96. The molecule has 23 heavy (non-hydrogen) atoms. The molecule has 0 saturated carbocycles. The van der Waals surface area contributed by atoms with E-state index in [0.717, 1.165) is 25.7 Å². The van der Waals surface area contributed by atoms with Crippen molar-refractivity contribution in [3.8, 4) is 0 Å². The van der Waals surface area contributed by atoms with Gasteiger partial charge < -0.3 is 0 Å². The number of hydrogen-bond donors (Lipinski definition) is 0. The summed E-state index contributed by atoms with van der Waals surface area (Å²) in [6.45, 7) is 2.08. The first kappa shape index (κ1) is 17.6. The molecule has 0 radical (unpaired) electrons. The first-order valence-electron chi connectivity index (χ1n) is 8.08. The van der Waals surface area contributed by atoms with Crippen molar-refractivity contribution in [1.82, 2.24) is 10.1 Å². The average molecular weight is 326 g/mol. The molecule has 8 heteroatoms. The number of amides is 4. The molecule has 4 amide bonds. The number of nitrogens with zero attached hydrogens (tertiary/aromatic N) is 2. The van der Waals surface area contributed by atoms with Gasteiger partial charge in [-0.2, -0.15) is 10.1 Å². The molecular weight excluding hydrogens is 304 g/mol. The topological polar surface area (TPSA) is 93.2 Å². The zero-order valence-electron chi connectivity index (χ0n) is 13.3. The van der Waals surface area contributed by atoms with E-state index < -0.39 is 29.9 Å². The van der Waals surface area contributed by atoms with Gasteiger partial charge in [-0.25, -0.2) is 9.68 Å². The molecule has 2 rings (SSSR count). The SMILES string of the molecule is CCCCCCC(ON1C(=O)CCC1=O)ON1C(=O)CCC1=O. The highest BCUT2D eigenvalue weighted by Crippen LogP contribution is 2.21. The van der Waals surface area contributed by atoms with Crippen molar-refractivity contribution in [2.45, 2.75) is 71.0 Å². The predicted octanol–water partition coefficient (Wildman–Crippen LogP) is 1.44. The summed E-state index contributed by atoms with van der Waals surface area (Å²) in [5.74, 6) is -1.74. The Morgan fingerprint density at radius 2 is 1.22 bits per heavy atom. The lowest BCUT2D eigenvalue weighted by atomic mass is 10.1. The summed E-state index contributed by atoms with van der Waals surface area (Å²) < 4.78 is 0. The van der Waals surface area contributed by atoms with Crippen molar-refractivity contribution in [2.75, 3.05) is 0 Å². The van der Waals surface area contributed by atoms with Crippen LogP contribution >= 0.6 is 0 Å². The minimum Gasteiger partial charge on any atom is -0.272 e. The predicted molar refractivity (Wildman–Crippen MR) is 76.9 cm³/mol. The van der Waals surface area contributed by atoms with Gasteiger partial charge in [0, 0.05) is 32.1 Å². The number of carbonyl (C=O) groups is 4. The quantitative estimate of drug-likeness (QED) is 0.362. The van der Waals surface area contributed by atoms with E-state index >= 15 is 0 Å². The third kappa shape index (κ3) is 4.59. The molecular formula is C15H22N2O6. The molecule has 0 aromatic rings. The average Bonchev–Trinajstić information content (AvgIpc) is 3.01. The summed E-state index contributed by atoms with van der Waals surface area (Å²) in [7, 11) is 0. The molecule has 0 spiro atoms. The third-order valence-corrected chi connectivity index (χ3v) is 3.75. The minimum atomic E-state index is -1.01. The molecule has 0 aromatic heterocycles. The zero-order chi connectivity index (χ0) is 16.8. The maximum absolute atomic E-state index is 11.6. The van der Waals surface area contributed by atoms with Crippen molar-refractivity contribution in [2.24, 2.45) is 0 Å². The van der Waals surface area contributed by atoms with Crippen LogP contribution in [-0.4, -0.2) is 40.0 Å². The van der Waals surface area contributed by atoms with Crippen LogP contribution in [0.4, 0.5) is 0 Å². The molecule has 2 saturated heterocycles. The molecule has 0 unspecified atom stereocenters. The Labute approximate surface area is 134 Å². The minimum absolute atomic E-state index is 0.100. The van der Waals surface area contributed by atoms with Crippen molar-refractivity contribution in [3.05, 3.63) is 0 Å². The van der Waals surface area contributed by atoms with E-state index in [1.165, 1.54) is 0 Å². The lowest BCUT2D eigenvalue weighted by molar-refractivity contribution is -0.311. The second-order valence-corrected chi connectivity index (χ2v) is 5.65. The van der Waals surface area contributed by atoms with Crippen molar-refractivity contribution in [3.63, 3.8) is 0 Å². The summed E-state index contributed by atoms with van der Waals surface area (Å²) in [4.78, 5) is 57.2. The van der Waals surface area contributed by atoms with Crippen LogP contribution in [0.15, 0.2) is 0 Å². The lowest BCUT2D eigenvalue weighted by Gasteiger charge is -2.25. The van der Waals surface area contributed by atoms with E-state index in [1.807, 2.05) is 0 Å². The van der Waals surface area contributed by atoms with E-state index in [-0.39, 0.29) is 25.7 Å². The van der Waals surface area contributed by atoms with Gasteiger partial charge in [-0.1, -0.05) is 26.2 Å². The molecule has 0 bridgehead atoms. The highest BCUT2D eigenvalue weighted by atomic mass is 16.9. The molecule has 8 nitrogen and oxygen atoms in total. The van der Waals surface area contributed by atoms with E-state index in [9.17, 15) is 19.2 Å². The third-order valence-electron chi connectivity index (χ3n) is 3.75. The Kier molecular flexibility index (Phi) is 6.23. The maximum atomic E-state index is 11.6. The second kappa shape index (κ2) is 8.16. The van der Waals surface area contributed by atoms with Crippen LogP contribution in [-0.2, 0) is 28.9 Å². The van der Waals surface area contributed by atoms with E-state index in [0.29, 0.717) is 16.5 Å². The summed E-state index contributed by atoms with van der Waals surface area (Å²) in [6.07, 6.45) is 3.54. The van der Waals surface area contributed by atoms with Crippen LogP contribution in [0.3, 0.4) is 0 Å². The maximum Gasteiger partial charge on any atom is 0.254 e. The van der Waals surface area contributed by atoms with Crippen LogP contribution in [0.5, 0.6) is 0 Å². The number of rotatable bonds is 9. The molecule has 2 heterocycles. The Morgan fingerprint density at radius 1 is 0.783 bits per heavy atom. The van der Waals surface area contributed by atoms with Crippen molar-refractivity contribution in [1.29, 1.82) is 0 Å². The fraction of sp³-hybridized carbons (Fsp3) is 0.733. The number of imide groups is 2. The number of carbonyl (C=O) groups excluding carboxylic acids is 4. The summed E-state index contributed by atoms with van der Waals surface area (Å²) >= 11 is 0. The van der Waals surface area contributed by atoms with Gasteiger partial charge >= 0.3 is 0 Å². The number of unbranched alkanes of at least 4 members (excludes halogenated alkanes) is 3. The smallest absolute Gasteiger partial charge is 0.254 e. The van der Waals surface area contributed by atoms with Crippen LogP contribution in [0.25, 0.3) is 0 Å². The second-order valence-electron chi connectivity index (χ2n) is 5.65. The van der Waals surface area contributed by atoms with Gasteiger partial charge in [0.25, 0.3) is 23.6 Å². The highest BCUT2D eigenvalue weighted by molar-refractivity contribution is 6.01. The monoisotopic (exact) mass is 326 g/mol. The normalized spacial score (nSPS) is 18.9. The van der Waals surface area contributed by atoms with Gasteiger partial charge in [-0.15, -0.1) is 0 Å². The Morgan fingerprint density at radius 3 is 1.61 bits per heavy atom. The van der Waals surface area contributed by atoms with Gasteiger partial charge in [0.05, 0.1) is 0 Å². The zero-order valence-corrected chi connectivity index (χ0v) is 13.3. The van der Waals surface area contributed by atoms with E-state index in [1.54, 1.807) is 0 Å². The van der Waals surface area contributed by atoms with Gasteiger partial charge in [-0.05, 0) is 6.42 Å². The molecule has 2 aliphatic rings.